The van der Waals surface area contributed by atoms with Crippen molar-refractivity contribution in [1.82, 2.24) is 14.8 Å². The summed E-state index contributed by atoms with van der Waals surface area (Å²) in [7, 11) is 3.04. The average molecular weight is 432 g/mol. The molecule has 2 heterocycles. The van der Waals surface area contributed by atoms with Crippen molar-refractivity contribution in [3.63, 3.8) is 0 Å². The van der Waals surface area contributed by atoms with Crippen LogP contribution in [0.25, 0.3) is 11.9 Å². The Bertz CT molecular complexity index is 1080. The van der Waals surface area contributed by atoms with E-state index in [4.69, 9.17) is 9.47 Å². The van der Waals surface area contributed by atoms with Gasteiger partial charge in [0.15, 0.2) is 5.82 Å². The smallest absolute Gasteiger partial charge is 0.417 e. The van der Waals surface area contributed by atoms with Crippen LogP contribution in [-0.4, -0.2) is 34.9 Å². The normalized spacial score (nSPS) is 11.5. The lowest BCUT2D eigenvalue weighted by molar-refractivity contribution is -0.137. The number of hydrogen-bond donors (Lipinski definition) is 1. The van der Waals surface area contributed by atoms with Gasteiger partial charge in [-0.1, -0.05) is 0 Å². The summed E-state index contributed by atoms with van der Waals surface area (Å²) >= 11 is 0. The van der Waals surface area contributed by atoms with Crippen LogP contribution in [0.4, 0.5) is 19.0 Å². The third-order valence-electron chi connectivity index (χ3n) is 4.18. The van der Waals surface area contributed by atoms with Crippen molar-refractivity contribution >= 4 is 17.8 Å². The van der Waals surface area contributed by atoms with Gasteiger partial charge in [-0.25, -0.2) is 4.98 Å². The third kappa shape index (κ3) is 5.41. The highest BCUT2D eigenvalue weighted by Crippen LogP contribution is 2.29. The summed E-state index contributed by atoms with van der Waals surface area (Å²) in [6.45, 7) is 1.69. The second-order valence-corrected chi connectivity index (χ2v) is 6.45. The second-order valence-electron chi connectivity index (χ2n) is 6.45. The Hall–Kier alpha value is -3.82. The number of ether oxygens (including phenoxy) is 2. The molecule has 3 aromatic rings. The highest BCUT2D eigenvalue weighted by Gasteiger charge is 2.30. The lowest BCUT2D eigenvalue weighted by Gasteiger charge is -2.09. The average Bonchev–Trinajstić information content (AvgIpc) is 3.11. The summed E-state index contributed by atoms with van der Waals surface area (Å²) in [6, 6.07) is 8.83. The summed E-state index contributed by atoms with van der Waals surface area (Å²) in [5, 5.41) is 6.84. The van der Waals surface area contributed by atoms with Crippen molar-refractivity contribution in [2.75, 3.05) is 19.5 Å². The fourth-order valence-electron chi connectivity index (χ4n) is 2.71. The topological polar surface area (TPSA) is 78.3 Å². The predicted molar refractivity (Wildman–Crippen MR) is 108 cm³/mol. The standard InChI is InChI=1S/C21H19F3N4O3/c1-13-8-19(28(27-13)18-6-5-15(12-25-18)21(22,23)24)26-20(29)7-4-14-9-16(30-2)11-17(10-14)31-3/h4-12H,1-3H3,(H,26,29). The first-order valence-electron chi connectivity index (χ1n) is 9.02. The van der Waals surface area contributed by atoms with Crippen molar-refractivity contribution in [1.29, 1.82) is 0 Å². The minimum atomic E-state index is -4.49. The van der Waals surface area contributed by atoms with Crippen LogP contribution in [0.15, 0.2) is 48.7 Å². The highest BCUT2D eigenvalue weighted by molar-refractivity contribution is 6.01. The van der Waals surface area contributed by atoms with Gasteiger partial charge >= 0.3 is 6.18 Å². The minimum Gasteiger partial charge on any atom is -0.497 e. The number of carbonyl (C=O) groups excluding carboxylic acids is 1. The summed E-state index contributed by atoms with van der Waals surface area (Å²) in [6.07, 6.45) is -0.893. The van der Waals surface area contributed by atoms with E-state index in [0.717, 1.165) is 6.07 Å². The number of nitrogens with zero attached hydrogens (tertiary/aromatic N) is 3. The zero-order chi connectivity index (χ0) is 22.6. The Morgan fingerprint density at radius 3 is 2.32 bits per heavy atom. The van der Waals surface area contributed by atoms with E-state index in [1.54, 1.807) is 37.3 Å². The number of carbonyl (C=O) groups is 1. The molecule has 31 heavy (non-hydrogen) atoms. The molecule has 7 nitrogen and oxygen atoms in total. The van der Waals surface area contributed by atoms with Crippen LogP contribution in [0.1, 0.15) is 16.8 Å². The van der Waals surface area contributed by atoms with Gasteiger partial charge in [0, 0.05) is 24.4 Å². The molecule has 0 aliphatic heterocycles. The van der Waals surface area contributed by atoms with Gasteiger partial charge in [-0.05, 0) is 42.8 Å². The van der Waals surface area contributed by atoms with Crippen molar-refractivity contribution in [2.45, 2.75) is 13.1 Å². The summed E-state index contributed by atoms with van der Waals surface area (Å²) in [4.78, 5) is 16.2. The van der Waals surface area contributed by atoms with Gasteiger partial charge in [0.25, 0.3) is 0 Å². The summed E-state index contributed by atoms with van der Waals surface area (Å²) < 4.78 is 49.9. The molecule has 0 saturated carbocycles. The largest absolute Gasteiger partial charge is 0.497 e. The molecule has 0 spiro atoms. The molecular weight excluding hydrogens is 413 g/mol. The molecule has 0 unspecified atom stereocenters. The number of rotatable bonds is 6. The molecule has 1 aromatic carbocycles. The van der Waals surface area contributed by atoms with Crippen LogP contribution in [0.5, 0.6) is 11.5 Å². The number of halogens is 3. The first-order valence-corrected chi connectivity index (χ1v) is 9.02. The Morgan fingerprint density at radius 2 is 1.77 bits per heavy atom. The van der Waals surface area contributed by atoms with Gasteiger partial charge in [0.1, 0.15) is 17.3 Å². The molecule has 0 atom stereocenters. The van der Waals surface area contributed by atoms with E-state index in [0.29, 0.717) is 29.0 Å². The van der Waals surface area contributed by atoms with E-state index in [1.807, 2.05) is 0 Å². The van der Waals surface area contributed by atoms with E-state index >= 15 is 0 Å². The van der Waals surface area contributed by atoms with Crippen LogP contribution in [-0.2, 0) is 11.0 Å². The van der Waals surface area contributed by atoms with E-state index in [-0.39, 0.29) is 11.6 Å². The molecule has 10 heteroatoms. The molecule has 3 rings (SSSR count). The maximum absolute atomic E-state index is 12.8. The van der Waals surface area contributed by atoms with E-state index in [1.165, 1.54) is 31.0 Å². The Kier molecular flexibility index (Phi) is 6.28. The van der Waals surface area contributed by atoms with Crippen LogP contribution in [0.2, 0.25) is 0 Å². The number of nitrogens with one attached hydrogen (secondary N) is 1. The SMILES string of the molecule is COc1cc(C=CC(=O)Nc2cc(C)nn2-c2ccc(C(F)(F)F)cn2)cc(OC)c1. The molecule has 0 bridgehead atoms. The minimum absolute atomic E-state index is 0.137. The van der Waals surface area contributed by atoms with Crippen LogP contribution < -0.4 is 14.8 Å². The molecule has 0 aliphatic carbocycles. The van der Waals surface area contributed by atoms with Crippen LogP contribution >= 0.6 is 0 Å². The maximum Gasteiger partial charge on any atom is 0.417 e. The van der Waals surface area contributed by atoms with Gasteiger partial charge in [0.05, 0.1) is 25.5 Å². The third-order valence-corrected chi connectivity index (χ3v) is 4.18. The number of amides is 1. The summed E-state index contributed by atoms with van der Waals surface area (Å²) in [5.74, 6) is 1.08. The van der Waals surface area contributed by atoms with E-state index < -0.39 is 17.6 Å². The van der Waals surface area contributed by atoms with Gasteiger partial charge < -0.3 is 14.8 Å². The van der Waals surface area contributed by atoms with Crippen molar-refractivity contribution in [3.8, 4) is 17.3 Å². The van der Waals surface area contributed by atoms with Gasteiger partial charge in [0.2, 0.25) is 5.91 Å². The lowest BCUT2D eigenvalue weighted by Crippen LogP contribution is -2.13. The van der Waals surface area contributed by atoms with Gasteiger partial charge in [-0.2, -0.15) is 23.0 Å². The Labute approximate surface area is 176 Å². The first-order chi connectivity index (χ1) is 14.7. The van der Waals surface area contributed by atoms with Crippen LogP contribution in [0.3, 0.4) is 0 Å². The Morgan fingerprint density at radius 1 is 1.10 bits per heavy atom. The first kappa shape index (κ1) is 21.9. The highest BCUT2D eigenvalue weighted by atomic mass is 19.4. The molecule has 1 N–H and O–H groups in total. The fraction of sp³-hybridized carbons (Fsp3) is 0.190. The van der Waals surface area contributed by atoms with E-state index in [9.17, 15) is 18.0 Å². The molecule has 2 aromatic heterocycles. The number of benzene rings is 1. The number of methoxy groups -OCH3 is 2. The number of anilines is 1. The number of pyridine rings is 1. The van der Waals surface area contributed by atoms with Crippen LogP contribution in [0, 0.1) is 6.92 Å². The van der Waals surface area contributed by atoms with Crippen molar-refractivity contribution in [2.24, 2.45) is 0 Å². The Balaban J connectivity index is 1.79. The maximum atomic E-state index is 12.8. The quantitative estimate of drug-likeness (QED) is 0.589. The summed E-state index contributed by atoms with van der Waals surface area (Å²) in [5.41, 5.74) is 0.362. The molecule has 162 valence electrons. The number of aromatic nitrogens is 3. The lowest BCUT2D eigenvalue weighted by atomic mass is 10.2. The number of aryl methyl sites for hydroxylation is 1. The van der Waals surface area contributed by atoms with Crippen molar-refractivity contribution in [3.05, 3.63) is 65.5 Å². The predicted octanol–water partition coefficient (Wildman–Crippen LogP) is 4.26. The molecular formula is C21H19F3N4O3. The monoisotopic (exact) mass is 432 g/mol. The van der Waals surface area contributed by atoms with E-state index in [2.05, 4.69) is 15.4 Å². The molecule has 0 fully saturated rings. The van der Waals surface area contributed by atoms with Crippen molar-refractivity contribution < 1.29 is 27.4 Å². The molecule has 0 saturated heterocycles. The zero-order valence-electron chi connectivity index (χ0n) is 16.9. The molecule has 1 amide bonds. The fourth-order valence-corrected chi connectivity index (χ4v) is 2.71. The van der Waals surface area contributed by atoms with Gasteiger partial charge in [-0.15, -0.1) is 0 Å². The second kappa shape index (κ2) is 8.90. The van der Waals surface area contributed by atoms with Gasteiger partial charge in [-0.3, -0.25) is 4.79 Å². The zero-order valence-corrected chi connectivity index (χ0v) is 16.9. The molecule has 0 aliphatic rings. The molecule has 0 radical (unpaired) electrons. The number of alkyl halides is 3. The number of hydrogen-bond acceptors (Lipinski definition) is 5.